The van der Waals surface area contributed by atoms with Crippen molar-refractivity contribution in [2.24, 2.45) is 5.41 Å². The van der Waals surface area contributed by atoms with Crippen LogP contribution >= 0.6 is 11.8 Å². The van der Waals surface area contributed by atoms with Crippen molar-refractivity contribution in [1.82, 2.24) is 10.1 Å². The lowest BCUT2D eigenvalue weighted by atomic mass is 10.0. The lowest BCUT2D eigenvalue weighted by molar-refractivity contribution is 0.368. The Morgan fingerprint density at radius 3 is 2.33 bits per heavy atom. The first kappa shape index (κ1) is 15.5. The molecule has 2 atom stereocenters. The predicted molar refractivity (Wildman–Crippen MR) is 97.2 cm³/mol. The molecule has 0 spiro atoms. The highest BCUT2D eigenvalue weighted by atomic mass is 32.2. The highest BCUT2D eigenvalue weighted by Crippen LogP contribution is 2.69. The van der Waals surface area contributed by atoms with Gasteiger partial charge in [0.1, 0.15) is 0 Å². The van der Waals surface area contributed by atoms with Crippen molar-refractivity contribution in [3.05, 3.63) is 66.1 Å². The summed E-state index contributed by atoms with van der Waals surface area (Å²) in [5, 5.41) is 4.18. The molecule has 24 heavy (non-hydrogen) atoms. The van der Waals surface area contributed by atoms with E-state index in [1.165, 1.54) is 10.5 Å². The van der Waals surface area contributed by atoms with Crippen LogP contribution in [0.3, 0.4) is 0 Å². The van der Waals surface area contributed by atoms with Gasteiger partial charge in [-0.1, -0.05) is 61.5 Å². The number of thioether (sulfide) groups is 1. The van der Waals surface area contributed by atoms with E-state index in [2.05, 4.69) is 54.5 Å². The molecule has 0 saturated heterocycles. The molecule has 0 N–H and O–H groups in total. The molecule has 1 fully saturated rings. The molecule has 2 unspecified atom stereocenters. The summed E-state index contributed by atoms with van der Waals surface area (Å²) in [6, 6.07) is 18.8. The van der Waals surface area contributed by atoms with Gasteiger partial charge < -0.3 is 4.52 Å². The Bertz CT molecular complexity index is 840. The van der Waals surface area contributed by atoms with Crippen LogP contribution in [0, 0.1) is 5.41 Å². The molecule has 3 aromatic rings. The third-order valence-electron chi connectivity index (χ3n) is 5.04. The van der Waals surface area contributed by atoms with Crippen LogP contribution in [0.15, 0.2) is 64.0 Å². The number of aromatic nitrogens is 2. The molecule has 0 bridgehead atoms. The van der Waals surface area contributed by atoms with Gasteiger partial charge in [-0.05, 0) is 29.4 Å². The van der Waals surface area contributed by atoms with Crippen molar-refractivity contribution < 1.29 is 4.52 Å². The van der Waals surface area contributed by atoms with Crippen LogP contribution in [0.25, 0.3) is 11.4 Å². The van der Waals surface area contributed by atoms with Gasteiger partial charge in [0.15, 0.2) is 0 Å². The lowest BCUT2D eigenvalue weighted by Crippen LogP contribution is -1.91. The lowest BCUT2D eigenvalue weighted by Gasteiger charge is -2.03. The normalized spacial score (nSPS) is 21.6. The zero-order valence-electron chi connectivity index (χ0n) is 14.1. The molecule has 1 heterocycles. The fourth-order valence-corrected chi connectivity index (χ4v) is 4.01. The second-order valence-electron chi connectivity index (χ2n) is 6.87. The van der Waals surface area contributed by atoms with Gasteiger partial charge >= 0.3 is 0 Å². The molecule has 122 valence electrons. The summed E-state index contributed by atoms with van der Waals surface area (Å²) in [7, 11) is 0. The van der Waals surface area contributed by atoms with Gasteiger partial charge in [0.05, 0.1) is 5.92 Å². The van der Waals surface area contributed by atoms with Gasteiger partial charge in [0.25, 0.3) is 0 Å². The van der Waals surface area contributed by atoms with Crippen LogP contribution in [0.4, 0.5) is 0 Å². The van der Waals surface area contributed by atoms with Crippen LogP contribution in [-0.2, 0) is 0 Å². The largest absolute Gasteiger partial charge is 0.339 e. The molecule has 4 heteroatoms. The predicted octanol–water partition coefficient (Wildman–Crippen LogP) is 5.37. The third kappa shape index (κ3) is 2.55. The number of nitrogens with zero attached hydrogens (tertiary/aromatic N) is 2. The molecular weight excluding hydrogens is 316 g/mol. The second-order valence-corrected chi connectivity index (χ2v) is 7.75. The molecule has 0 amide bonds. The summed E-state index contributed by atoms with van der Waals surface area (Å²) in [6.07, 6.45) is 2.10. The van der Waals surface area contributed by atoms with Crippen molar-refractivity contribution in [2.75, 3.05) is 6.26 Å². The van der Waals surface area contributed by atoms with Gasteiger partial charge in [0, 0.05) is 16.4 Å². The SMILES string of the molecule is CSc1ccc(C2C(c3nc(-c4ccccc4)no3)C2(C)C)cc1. The second kappa shape index (κ2) is 5.78. The van der Waals surface area contributed by atoms with E-state index in [1.54, 1.807) is 11.8 Å². The van der Waals surface area contributed by atoms with Gasteiger partial charge in [-0.3, -0.25) is 0 Å². The molecule has 1 aliphatic carbocycles. The molecule has 1 aliphatic rings. The minimum Gasteiger partial charge on any atom is -0.339 e. The van der Waals surface area contributed by atoms with Gasteiger partial charge in [-0.15, -0.1) is 11.8 Å². The van der Waals surface area contributed by atoms with E-state index in [4.69, 9.17) is 4.52 Å². The summed E-state index contributed by atoms with van der Waals surface area (Å²) in [5.74, 6) is 2.13. The summed E-state index contributed by atoms with van der Waals surface area (Å²) < 4.78 is 5.61. The highest BCUT2D eigenvalue weighted by molar-refractivity contribution is 7.98. The van der Waals surface area contributed by atoms with E-state index in [0.29, 0.717) is 11.7 Å². The number of hydrogen-bond donors (Lipinski definition) is 0. The first-order chi connectivity index (χ1) is 11.6. The Morgan fingerprint density at radius 2 is 1.67 bits per heavy atom. The van der Waals surface area contributed by atoms with E-state index in [-0.39, 0.29) is 11.3 Å². The number of hydrogen-bond acceptors (Lipinski definition) is 4. The average molecular weight is 336 g/mol. The van der Waals surface area contributed by atoms with Crippen molar-refractivity contribution in [1.29, 1.82) is 0 Å². The fraction of sp³-hybridized carbons (Fsp3) is 0.300. The Labute approximate surface area is 146 Å². The summed E-state index contributed by atoms with van der Waals surface area (Å²) >= 11 is 1.77. The molecule has 1 aromatic heterocycles. The standard InChI is InChI=1S/C20H20N2OS/c1-20(2)16(13-9-11-15(24-3)12-10-13)17(20)19-21-18(22-23-19)14-7-5-4-6-8-14/h4-12,16-17H,1-3H3. The van der Waals surface area contributed by atoms with Crippen molar-refractivity contribution in [2.45, 2.75) is 30.6 Å². The van der Waals surface area contributed by atoms with Crippen LogP contribution in [0.5, 0.6) is 0 Å². The fourth-order valence-electron chi connectivity index (χ4n) is 3.60. The van der Waals surface area contributed by atoms with Crippen molar-refractivity contribution in [3.8, 4) is 11.4 Å². The van der Waals surface area contributed by atoms with E-state index < -0.39 is 0 Å². The Morgan fingerprint density at radius 1 is 0.958 bits per heavy atom. The molecular formula is C20H20N2OS. The maximum atomic E-state index is 5.61. The van der Waals surface area contributed by atoms with Gasteiger partial charge in [-0.2, -0.15) is 4.98 Å². The molecule has 0 aliphatic heterocycles. The minimum absolute atomic E-state index is 0.140. The van der Waals surface area contributed by atoms with E-state index in [0.717, 1.165) is 11.5 Å². The topological polar surface area (TPSA) is 38.9 Å². The maximum absolute atomic E-state index is 5.61. The van der Waals surface area contributed by atoms with E-state index in [9.17, 15) is 0 Å². The average Bonchev–Trinajstić information content (AvgIpc) is 2.97. The molecule has 2 aromatic carbocycles. The molecule has 3 nitrogen and oxygen atoms in total. The first-order valence-corrected chi connectivity index (χ1v) is 9.36. The van der Waals surface area contributed by atoms with Crippen LogP contribution in [0.2, 0.25) is 0 Å². The summed E-state index contributed by atoms with van der Waals surface area (Å²) in [4.78, 5) is 5.96. The molecule has 0 radical (unpaired) electrons. The van der Waals surface area contributed by atoms with E-state index >= 15 is 0 Å². The first-order valence-electron chi connectivity index (χ1n) is 8.14. The highest BCUT2D eigenvalue weighted by Gasteiger charge is 2.61. The van der Waals surface area contributed by atoms with Crippen molar-refractivity contribution in [3.63, 3.8) is 0 Å². The quantitative estimate of drug-likeness (QED) is 0.601. The summed E-state index contributed by atoms with van der Waals surface area (Å²) in [6.45, 7) is 4.55. The Hall–Kier alpha value is -2.07. The van der Waals surface area contributed by atoms with Gasteiger partial charge in [0.2, 0.25) is 11.7 Å². The van der Waals surface area contributed by atoms with Crippen molar-refractivity contribution >= 4 is 11.8 Å². The molecule has 1 saturated carbocycles. The maximum Gasteiger partial charge on any atom is 0.231 e. The van der Waals surface area contributed by atoms with Crippen LogP contribution < -0.4 is 0 Å². The van der Waals surface area contributed by atoms with Gasteiger partial charge in [-0.25, -0.2) is 0 Å². The van der Waals surface area contributed by atoms with Crippen LogP contribution in [-0.4, -0.2) is 16.4 Å². The third-order valence-corrected chi connectivity index (χ3v) is 5.79. The van der Waals surface area contributed by atoms with E-state index in [1.807, 2.05) is 30.3 Å². The smallest absolute Gasteiger partial charge is 0.231 e. The molecule has 4 rings (SSSR count). The zero-order chi connectivity index (χ0) is 16.7. The number of rotatable bonds is 4. The Kier molecular flexibility index (Phi) is 3.72. The Balaban J connectivity index is 1.61. The zero-order valence-corrected chi connectivity index (χ0v) is 14.9. The number of benzene rings is 2. The summed E-state index contributed by atoms with van der Waals surface area (Å²) in [5.41, 5.74) is 2.48. The monoisotopic (exact) mass is 336 g/mol. The minimum atomic E-state index is 0.140. The van der Waals surface area contributed by atoms with Crippen LogP contribution in [0.1, 0.15) is 37.1 Å².